The van der Waals surface area contributed by atoms with Gasteiger partial charge in [0.1, 0.15) is 0 Å². The van der Waals surface area contributed by atoms with E-state index >= 15 is 0 Å². The van der Waals surface area contributed by atoms with Crippen LogP contribution in [0.15, 0.2) is 64.5 Å². The third-order valence-corrected chi connectivity index (χ3v) is 2.78. The zero-order valence-electron chi connectivity index (χ0n) is 10.6. The molecule has 2 N–H and O–H groups in total. The number of nitrogens with one attached hydrogen (secondary N) is 2. The second-order valence-corrected chi connectivity index (χ2v) is 4.21. The molecule has 1 heterocycles. The number of hydrazone groups is 1. The monoisotopic (exact) mass is 264 g/mol. The number of H-pyrrole nitrogens is 1. The van der Waals surface area contributed by atoms with Gasteiger partial charge in [-0.05, 0) is 17.7 Å². The Bertz CT molecular complexity index is 809. The van der Waals surface area contributed by atoms with Gasteiger partial charge >= 0.3 is 0 Å². The van der Waals surface area contributed by atoms with Gasteiger partial charge in [0.25, 0.3) is 5.56 Å². The smallest absolute Gasteiger partial charge is 0.293 e. The minimum absolute atomic E-state index is 0.177. The molecule has 0 amide bonds. The predicted octanol–water partition coefficient (Wildman–Crippen LogP) is 2.37. The Morgan fingerprint density at radius 3 is 2.65 bits per heavy atom. The lowest BCUT2D eigenvalue weighted by atomic mass is 10.2. The third-order valence-electron chi connectivity index (χ3n) is 2.78. The Morgan fingerprint density at radius 2 is 1.80 bits per heavy atom. The zero-order valence-corrected chi connectivity index (χ0v) is 10.6. The molecular weight excluding hydrogens is 252 g/mol. The second-order valence-electron chi connectivity index (χ2n) is 4.21. The van der Waals surface area contributed by atoms with Crippen molar-refractivity contribution in [1.82, 2.24) is 9.97 Å². The minimum Gasteiger partial charge on any atom is -0.317 e. The summed E-state index contributed by atoms with van der Waals surface area (Å²) >= 11 is 0. The first-order valence-electron chi connectivity index (χ1n) is 6.16. The molecule has 0 saturated carbocycles. The van der Waals surface area contributed by atoms with Crippen LogP contribution >= 0.6 is 0 Å². The molecule has 0 saturated heterocycles. The summed E-state index contributed by atoms with van der Waals surface area (Å²) in [4.78, 5) is 18.8. The number of benzene rings is 2. The van der Waals surface area contributed by atoms with E-state index in [1.54, 1.807) is 12.3 Å². The number of aromatic nitrogens is 2. The van der Waals surface area contributed by atoms with Crippen LogP contribution in [0.1, 0.15) is 5.56 Å². The molecule has 0 aliphatic carbocycles. The topological polar surface area (TPSA) is 70.1 Å². The quantitative estimate of drug-likeness (QED) is 0.563. The lowest BCUT2D eigenvalue weighted by Crippen LogP contribution is -2.13. The summed E-state index contributed by atoms with van der Waals surface area (Å²) in [5, 5.41) is 4.02. The molecule has 0 radical (unpaired) electrons. The summed E-state index contributed by atoms with van der Waals surface area (Å²) in [6.45, 7) is 0. The maximum Gasteiger partial charge on any atom is 0.293 e. The fourth-order valence-electron chi connectivity index (χ4n) is 1.81. The van der Waals surface area contributed by atoms with Crippen molar-refractivity contribution in [3.63, 3.8) is 0 Å². The number of anilines is 1. The van der Waals surface area contributed by atoms with Crippen molar-refractivity contribution in [1.29, 1.82) is 0 Å². The molecule has 0 bridgehead atoms. The van der Waals surface area contributed by atoms with Gasteiger partial charge in [0, 0.05) is 0 Å². The number of hydrogen-bond donors (Lipinski definition) is 2. The Hall–Kier alpha value is -2.95. The van der Waals surface area contributed by atoms with Crippen molar-refractivity contribution in [2.45, 2.75) is 0 Å². The predicted molar refractivity (Wildman–Crippen MR) is 80.0 cm³/mol. The molecule has 2 aromatic carbocycles. The number of rotatable bonds is 3. The number of hydrogen-bond acceptors (Lipinski definition) is 4. The molecule has 0 spiro atoms. The molecule has 3 aromatic rings. The summed E-state index contributed by atoms with van der Waals surface area (Å²) in [5.41, 5.74) is 4.73. The van der Waals surface area contributed by atoms with Crippen LogP contribution in [0.4, 0.5) is 5.82 Å². The molecule has 98 valence electrons. The summed E-state index contributed by atoms with van der Waals surface area (Å²) in [5.74, 6) is 0.177. The van der Waals surface area contributed by atoms with Crippen LogP contribution in [0.2, 0.25) is 0 Å². The van der Waals surface area contributed by atoms with Gasteiger partial charge in [0.15, 0.2) is 0 Å². The summed E-state index contributed by atoms with van der Waals surface area (Å²) in [6, 6.07) is 17.0. The molecule has 0 aliphatic heterocycles. The molecule has 20 heavy (non-hydrogen) atoms. The van der Waals surface area contributed by atoms with Gasteiger partial charge in [-0.1, -0.05) is 42.5 Å². The molecule has 0 unspecified atom stereocenters. The Balaban J connectivity index is 1.86. The number of para-hydroxylation sites is 2. The van der Waals surface area contributed by atoms with E-state index in [1.165, 1.54) is 0 Å². The molecule has 1 aromatic heterocycles. The van der Waals surface area contributed by atoms with Crippen molar-refractivity contribution in [3.05, 3.63) is 70.5 Å². The van der Waals surface area contributed by atoms with Crippen molar-refractivity contribution in [2.75, 3.05) is 5.43 Å². The van der Waals surface area contributed by atoms with Gasteiger partial charge in [-0.2, -0.15) is 5.10 Å². The van der Waals surface area contributed by atoms with Crippen LogP contribution < -0.4 is 11.0 Å². The van der Waals surface area contributed by atoms with Crippen LogP contribution in [0.5, 0.6) is 0 Å². The van der Waals surface area contributed by atoms with E-state index in [0.29, 0.717) is 11.0 Å². The van der Waals surface area contributed by atoms with Crippen LogP contribution in [0.3, 0.4) is 0 Å². The standard InChI is InChI=1S/C15H12N4O/c20-15-14(17-12-8-4-5-9-13(12)18-15)19-16-10-11-6-2-1-3-7-11/h1-10H,(H,17,19)(H,18,20)/b16-10+. The van der Waals surface area contributed by atoms with Crippen molar-refractivity contribution in [3.8, 4) is 0 Å². The first-order valence-corrected chi connectivity index (χ1v) is 6.16. The molecule has 0 atom stereocenters. The van der Waals surface area contributed by atoms with Crippen molar-refractivity contribution < 1.29 is 0 Å². The molecule has 5 nitrogen and oxygen atoms in total. The van der Waals surface area contributed by atoms with E-state index < -0.39 is 0 Å². The van der Waals surface area contributed by atoms with E-state index in [-0.39, 0.29) is 11.4 Å². The van der Waals surface area contributed by atoms with Gasteiger partial charge in [0.05, 0.1) is 17.2 Å². The zero-order chi connectivity index (χ0) is 13.8. The van der Waals surface area contributed by atoms with Crippen LogP contribution in [-0.2, 0) is 0 Å². The first kappa shape index (κ1) is 12.1. The fraction of sp³-hybridized carbons (Fsp3) is 0. The fourth-order valence-corrected chi connectivity index (χ4v) is 1.81. The molecule has 0 aliphatic rings. The largest absolute Gasteiger partial charge is 0.317 e. The van der Waals surface area contributed by atoms with E-state index in [9.17, 15) is 4.79 Å². The van der Waals surface area contributed by atoms with Gasteiger partial charge in [-0.25, -0.2) is 4.98 Å². The van der Waals surface area contributed by atoms with Gasteiger partial charge in [-0.3, -0.25) is 10.2 Å². The van der Waals surface area contributed by atoms with Crippen molar-refractivity contribution in [2.24, 2.45) is 5.10 Å². The molecular formula is C15H12N4O. The number of aromatic amines is 1. The average Bonchev–Trinajstić information content (AvgIpc) is 2.49. The molecule has 0 fully saturated rings. The molecule has 3 rings (SSSR count). The highest BCUT2D eigenvalue weighted by Crippen LogP contribution is 2.07. The average molecular weight is 264 g/mol. The maximum absolute atomic E-state index is 11.8. The van der Waals surface area contributed by atoms with Gasteiger partial charge in [-0.15, -0.1) is 0 Å². The lowest BCUT2D eigenvalue weighted by molar-refractivity contribution is 1.17. The van der Waals surface area contributed by atoms with E-state index in [0.717, 1.165) is 5.56 Å². The normalized spacial score (nSPS) is 11.0. The highest BCUT2D eigenvalue weighted by Gasteiger charge is 2.02. The second kappa shape index (κ2) is 5.36. The van der Waals surface area contributed by atoms with Gasteiger partial charge in [0.2, 0.25) is 5.82 Å². The van der Waals surface area contributed by atoms with Gasteiger partial charge < -0.3 is 4.98 Å². The summed E-state index contributed by atoms with van der Waals surface area (Å²) in [7, 11) is 0. The minimum atomic E-state index is -0.297. The highest BCUT2D eigenvalue weighted by molar-refractivity contribution is 5.80. The molecule has 5 heteroatoms. The third kappa shape index (κ3) is 2.56. The maximum atomic E-state index is 11.8. The number of nitrogens with zero attached hydrogens (tertiary/aromatic N) is 2. The lowest BCUT2D eigenvalue weighted by Gasteiger charge is -2.01. The van der Waals surface area contributed by atoms with Crippen LogP contribution in [-0.4, -0.2) is 16.2 Å². The van der Waals surface area contributed by atoms with Crippen LogP contribution in [0, 0.1) is 0 Å². The van der Waals surface area contributed by atoms with E-state index in [1.807, 2.05) is 48.5 Å². The van der Waals surface area contributed by atoms with Crippen LogP contribution in [0.25, 0.3) is 11.0 Å². The summed E-state index contributed by atoms with van der Waals surface area (Å²) < 4.78 is 0. The highest BCUT2D eigenvalue weighted by atomic mass is 16.1. The number of fused-ring (bicyclic) bond motifs is 1. The SMILES string of the molecule is O=c1[nH]c2ccccc2nc1N/N=C/c1ccccc1. The summed E-state index contributed by atoms with van der Waals surface area (Å²) in [6.07, 6.45) is 1.64. The van der Waals surface area contributed by atoms with E-state index in [2.05, 4.69) is 20.5 Å². The Kier molecular flexibility index (Phi) is 3.24. The van der Waals surface area contributed by atoms with Crippen molar-refractivity contribution >= 4 is 23.1 Å². The Labute approximate surface area is 115 Å². The van der Waals surface area contributed by atoms with E-state index in [4.69, 9.17) is 0 Å². The first-order chi connectivity index (χ1) is 9.83. The Morgan fingerprint density at radius 1 is 1.05 bits per heavy atom.